The van der Waals surface area contributed by atoms with E-state index in [1.54, 1.807) is 16.7 Å². The van der Waals surface area contributed by atoms with Crippen molar-refractivity contribution in [1.82, 2.24) is 0 Å². The monoisotopic (exact) mass is 301 g/mol. The van der Waals surface area contributed by atoms with Crippen molar-refractivity contribution in [3.05, 3.63) is 22.8 Å². The van der Waals surface area contributed by atoms with Crippen LogP contribution in [0.4, 0.5) is 0 Å². The Morgan fingerprint density at radius 2 is 2.09 bits per heavy atom. The van der Waals surface area contributed by atoms with E-state index in [-0.39, 0.29) is 5.41 Å². The molecule has 4 rings (SSSR count). The lowest BCUT2D eigenvalue weighted by Crippen LogP contribution is -2.54. The molecule has 0 aromatic carbocycles. The van der Waals surface area contributed by atoms with Crippen molar-refractivity contribution in [2.75, 3.05) is 6.54 Å². The first-order valence-electron chi connectivity index (χ1n) is 9.27. The lowest BCUT2D eigenvalue weighted by atomic mass is 9.52. The van der Waals surface area contributed by atoms with Crippen LogP contribution in [-0.4, -0.2) is 17.3 Å². The molecule has 0 spiro atoms. The zero-order valence-electron chi connectivity index (χ0n) is 14.2. The Hall–Kier alpha value is -0.600. The molecule has 22 heavy (non-hydrogen) atoms. The van der Waals surface area contributed by atoms with E-state index in [4.69, 9.17) is 5.73 Å². The third-order valence-electron chi connectivity index (χ3n) is 7.94. The van der Waals surface area contributed by atoms with Crippen LogP contribution >= 0.6 is 0 Å². The van der Waals surface area contributed by atoms with Gasteiger partial charge in [-0.1, -0.05) is 29.7 Å². The number of hydrogen-bond donors (Lipinski definition) is 2. The van der Waals surface area contributed by atoms with Crippen molar-refractivity contribution in [2.24, 2.45) is 28.9 Å². The molecule has 0 bridgehead atoms. The zero-order valence-corrected chi connectivity index (χ0v) is 14.2. The molecule has 4 aliphatic carbocycles. The Kier molecular flexibility index (Phi) is 3.36. The molecule has 0 amide bonds. The topological polar surface area (TPSA) is 46.2 Å². The van der Waals surface area contributed by atoms with Crippen molar-refractivity contribution in [2.45, 2.75) is 70.8 Å². The molecule has 2 heteroatoms. The summed E-state index contributed by atoms with van der Waals surface area (Å²) in [6.45, 7) is 5.06. The molecule has 0 aromatic heterocycles. The second-order valence-corrected chi connectivity index (χ2v) is 8.71. The molecular weight excluding hydrogens is 270 g/mol. The van der Waals surface area contributed by atoms with E-state index in [1.807, 2.05) is 0 Å². The van der Waals surface area contributed by atoms with Gasteiger partial charge in [0.05, 0.1) is 5.60 Å². The maximum atomic E-state index is 11.1. The average Bonchev–Trinajstić information content (AvgIpc) is 2.79. The van der Waals surface area contributed by atoms with Crippen LogP contribution in [0.25, 0.3) is 0 Å². The van der Waals surface area contributed by atoms with E-state index in [2.05, 4.69) is 19.9 Å². The van der Waals surface area contributed by atoms with Gasteiger partial charge in [-0.2, -0.15) is 0 Å². The quantitative estimate of drug-likeness (QED) is 0.720. The fourth-order valence-electron chi connectivity index (χ4n) is 6.52. The summed E-state index contributed by atoms with van der Waals surface area (Å²) in [6, 6.07) is 0. The van der Waals surface area contributed by atoms with Gasteiger partial charge in [0.25, 0.3) is 0 Å². The minimum atomic E-state index is -0.611. The van der Waals surface area contributed by atoms with Gasteiger partial charge in [0.15, 0.2) is 0 Å². The van der Waals surface area contributed by atoms with Gasteiger partial charge in [-0.05, 0) is 76.0 Å². The number of hydrogen-bond acceptors (Lipinski definition) is 2. The standard InChI is InChI=1S/C20H31NO/c1-13-3-5-15-14(11-13)4-6-17-16(15)7-9-19(2)18(17)8-10-20(19,22)12-21/h3,16-18,22H,4-12,21H2,1-2H3. The first-order chi connectivity index (χ1) is 10.5. The number of allylic oxidation sites excluding steroid dienone is 4. The lowest BCUT2D eigenvalue weighted by Gasteiger charge is -2.54. The van der Waals surface area contributed by atoms with Crippen molar-refractivity contribution in [3.63, 3.8) is 0 Å². The average molecular weight is 301 g/mol. The van der Waals surface area contributed by atoms with E-state index < -0.39 is 5.60 Å². The second-order valence-electron chi connectivity index (χ2n) is 8.71. The summed E-state index contributed by atoms with van der Waals surface area (Å²) < 4.78 is 0. The summed E-state index contributed by atoms with van der Waals surface area (Å²) in [5, 5.41) is 11.1. The van der Waals surface area contributed by atoms with Crippen LogP contribution in [0.3, 0.4) is 0 Å². The second kappa shape index (κ2) is 4.95. The zero-order chi connectivity index (χ0) is 15.5. The maximum absolute atomic E-state index is 11.1. The largest absolute Gasteiger partial charge is 0.388 e. The van der Waals surface area contributed by atoms with Gasteiger partial charge in [-0.3, -0.25) is 0 Å². The van der Waals surface area contributed by atoms with Crippen molar-refractivity contribution in [1.29, 1.82) is 0 Å². The SMILES string of the molecule is CC1=CCC2=C(CCC3C2CCC2(C)C3CCC2(O)CN)C1. The number of rotatable bonds is 1. The molecule has 0 radical (unpaired) electrons. The molecule has 122 valence electrons. The fraction of sp³-hybridized carbons (Fsp3) is 0.800. The van der Waals surface area contributed by atoms with E-state index >= 15 is 0 Å². The molecule has 0 aliphatic heterocycles. The predicted molar refractivity (Wildman–Crippen MR) is 90.3 cm³/mol. The highest BCUT2D eigenvalue weighted by atomic mass is 16.3. The van der Waals surface area contributed by atoms with Gasteiger partial charge in [-0.25, -0.2) is 0 Å². The minimum Gasteiger partial charge on any atom is -0.388 e. The van der Waals surface area contributed by atoms with Crippen LogP contribution in [0.15, 0.2) is 22.8 Å². The molecule has 0 heterocycles. The van der Waals surface area contributed by atoms with E-state index in [0.29, 0.717) is 12.5 Å². The molecule has 4 aliphatic rings. The van der Waals surface area contributed by atoms with Crippen LogP contribution in [0.2, 0.25) is 0 Å². The Morgan fingerprint density at radius 1 is 1.27 bits per heavy atom. The summed E-state index contributed by atoms with van der Waals surface area (Å²) in [5.41, 5.74) is 10.5. The molecule has 3 N–H and O–H groups in total. The highest BCUT2D eigenvalue weighted by molar-refractivity contribution is 5.33. The summed E-state index contributed by atoms with van der Waals surface area (Å²) in [5.74, 6) is 2.28. The smallest absolute Gasteiger partial charge is 0.0825 e. The Balaban J connectivity index is 1.64. The molecule has 0 saturated heterocycles. The van der Waals surface area contributed by atoms with Gasteiger partial charge in [-0.15, -0.1) is 0 Å². The van der Waals surface area contributed by atoms with Crippen LogP contribution in [-0.2, 0) is 0 Å². The molecule has 0 aromatic rings. The molecular formula is C20H31NO. The predicted octanol–water partition coefficient (Wildman–Crippen LogP) is 3.95. The summed E-state index contributed by atoms with van der Waals surface area (Å²) >= 11 is 0. The third-order valence-corrected chi connectivity index (χ3v) is 7.94. The first kappa shape index (κ1) is 15.0. The Bertz CT molecular complexity index is 548. The summed E-state index contributed by atoms with van der Waals surface area (Å²) in [4.78, 5) is 0. The Morgan fingerprint density at radius 3 is 2.86 bits per heavy atom. The minimum absolute atomic E-state index is 0.0569. The van der Waals surface area contributed by atoms with Gasteiger partial charge in [0.1, 0.15) is 0 Å². The maximum Gasteiger partial charge on any atom is 0.0825 e. The van der Waals surface area contributed by atoms with Gasteiger partial charge < -0.3 is 10.8 Å². The fourth-order valence-corrected chi connectivity index (χ4v) is 6.52. The van der Waals surface area contributed by atoms with Crippen LogP contribution in [0.5, 0.6) is 0 Å². The molecule has 2 saturated carbocycles. The summed E-state index contributed by atoms with van der Waals surface area (Å²) in [6.07, 6.45) is 12.1. The van der Waals surface area contributed by atoms with E-state index in [9.17, 15) is 5.11 Å². The van der Waals surface area contributed by atoms with Crippen molar-refractivity contribution < 1.29 is 5.11 Å². The normalized spacial score (nSPS) is 47.6. The first-order valence-corrected chi connectivity index (χ1v) is 9.27. The summed E-state index contributed by atoms with van der Waals surface area (Å²) in [7, 11) is 0. The van der Waals surface area contributed by atoms with Crippen LogP contribution in [0, 0.1) is 23.2 Å². The van der Waals surface area contributed by atoms with Gasteiger partial charge >= 0.3 is 0 Å². The lowest BCUT2D eigenvalue weighted by molar-refractivity contribution is -0.100. The van der Waals surface area contributed by atoms with Crippen molar-refractivity contribution >= 4 is 0 Å². The van der Waals surface area contributed by atoms with E-state index in [1.165, 1.54) is 38.5 Å². The highest BCUT2D eigenvalue weighted by Crippen LogP contribution is 2.64. The third kappa shape index (κ3) is 1.86. The number of fused-ring (bicyclic) bond motifs is 4. The van der Waals surface area contributed by atoms with Gasteiger partial charge in [0, 0.05) is 12.0 Å². The number of nitrogens with two attached hydrogens (primary N) is 1. The molecule has 2 fully saturated rings. The van der Waals surface area contributed by atoms with E-state index in [0.717, 1.165) is 24.7 Å². The van der Waals surface area contributed by atoms with Crippen LogP contribution < -0.4 is 5.73 Å². The van der Waals surface area contributed by atoms with Gasteiger partial charge in [0.2, 0.25) is 0 Å². The molecule has 2 nitrogen and oxygen atoms in total. The van der Waals surface area contributed by atoms with Crippen LogP contribution in [0.1, 0.15) is 65.2 Å². The Labute approximate surface area is 134 Å². The number of aliphatic hydroxyl groups is 1. The molecule has 5 atom stereocenters. The van der Waals surface area contributed by atoms with Crippen molar-refractivity contribution in [3.8, 4) is 0 Å². The molecule has 5 unspecified atom stereocenters. The highest BCUT2D eigenvalue weighted by Gasteiger charge is 2.60.